The third-order valence-corrected chi connectivity index (χ3v) is 5.18. The molecule has 0 atom stereocenters. The van der Waals surface area contributed by atoms with Gasteiger partial charge in [0.25, 0.3) is 0 Å². The Hall–Kier alpha value is -2.89. The summed E-state index contributed by atoms with van der Waals surface area (Å²) in [5.41, 5.74) is 3.67. The normalized spacial score (nSPS) is 10.7. The quantitative estimate of drug-likeness (QED) is 0.481. The molecule has 1 N–H and O–H groups in total. The van der Waals surface area contributed by atoms with Crippen LogP contribution < -0.4 is 5.32 Å². The van der Waals surface area contributed by atoms with Gasteiger partial charge >= 0.3 is 0 Å². The molecule has 0 aliphatic heterocycles. The zero-order valence-corrected chi connectivity index (χ0v) is 15.9. The molecule has 2 aromatic carbocycles. The van der Waals surface area contributed by atoms with Gasteiger partial charge in [0, 0.05) is 27.9 Å². The standard InChI is InChI=1S/C21H16ClN3OS/c22-16-8-10-17(11-9-16)23-20(26)13-25-12-4-7-19(25)21-24-18(14-27-21)15-5-2-1-3-6-15/h1-12,14H,13H2,(H,23,26). The summed E-state index contributed by atoms with van der Waals surface area (Å²) in [6, 6.07) is 21.0. The van der Waals surface area contributed by atoms with E-state index in [-0.39, 0.29) is 12.5 Å². The Morgan fingerprint density at radius 3 is 2.59 bits per heavy atom. The van der Waals surface area contributed by atoms with Crippen molar-refractivity contribution in [1.29, 1.82) is 0 Å². The molecule has 2 aromatic heterocycles. The summed E-state index contributed by atoms with van der Waals surface area (Å²) in [4.78, 5) is 17.1. The summed E-state index contributed by atoms with van der Waals surface area (Å²) in [6.45, 7) is 0.214. The molecule has 0 bridgehead atoms. The van der Waals surface area contributed by atoms with Crippen molar-refractivity contribution < 1.29 is 4.79 Å². The van der Waals surface area contributed by atoms with Gasteiger partial charge < -0.3 is 9.88 Å². The van der Waals surface area contributed by atoms with Crippen LogP contribution in [-0.4, -0.2) is 15.5 Å². The van der Waals surface area contributed by atoms with E-state index in [2.05, 4.69) is 5.32 Å². The second-order valence-corrected chi connectivity index (χ2v) is 7.27. The molecule has 4 rings (SSSR count). The molecule has 134 valence electrons. The predicted octanol–water partition coefficient (Wildman–Crippen LogP) is 5.57. The largest absolute Gasteiger partial charge is 0.336 e. The van der Waals surface area contributed by atoms with Gasteiger partial charge in [-0.05, 0) is 36.4 Å². The number of carbonyl (C=O) groups excluding carboxylic acids is 1. The minimum Gasteiger partial charge on any atom is -0.336 e. The lowest BCUT2D eigenvalue weighted by atomic mass is 10.2. The van der Waals surface area contributed by atoms with Crippen LogP contribution in [0.1, 0.15) is 0 Å². The summed E-state index contributed by atoms with van der Waals surface area (Å²) in [5.74, 6) is -0.102. The topological polar surface area (TPSA) is 46.9 Å². The van der Waals surface area contributed by atoms with Crippen molar-refractivity contribution in [1.82, 2.24) is 9.55 Å². The van der Waals surface area contributed by atoms with Crippen LogP contribution >= 0.6 is 22.9 Å². The fraction of sp³-hybridized carbons (Fsp3) is 0.0476. The maximum absolute atomic E-state index is 12.4. The van der Waals surface area contributed by atoms with Crippen LogP contribution in [-0.2, 0) is 11.3 Å². The molecule has 1 amide bonds. The van der Waals surface area contributed by atoms with Crippen LogP contribution in [0.2, 0.25) is 5.02 Å². The molecule has 0 aliphatic rings. The van der Waals surface area contributed by atoms with Gasteiger partial charge in [0.2, 0.25) is 5.91 Å². The van der Waals surface area contributed by atoms with Crippen molar-refractivity contribution in [2.45, 2.75) is 6.54 Å². The lowest BCUT2D eigenvalue weighted by Crippen LogP contribution is -2.18. The minimum atomic E-state index is -0.102. The number of thiazole rings is 1. The number of rotatable bonds is 5. The van der Waals surface area contributed by atoms with Crippen molar-refractivity contribution >= 4 is 34.5 Å². The molecule has 0 fully saturated rings. The number of nitrogens with one attached hydrogen (secondary N) is 1. The molecule has 0 aliphatic carbocycles. The molecule has 27 heavy (non-hydrogen) atoms. The van der Waals surface area contributed by atoms with Crippen molar-refractivity contribution in [3.8, 4) is 22.0 Å². The first-order valence-corrected chi connectivity index (χ1v) is 9.67. The number of nitrogens with zero attached hydrogens (tertiary/aromatic N) is 2. The Bertz CT molecular complexity index is 1050. The van der Waals surface area contributed by atoms with E-state index < -0.39 is 0 Å². The summed E-state index contributed by atoms with van der Waals surface area (Å²) < 4.78 is 1.90. The average Bonchev–Trinajstić information content (AvgIpc) is 3.33. The van der Waals surface area contributed by atoms with Crippen molar-refractivity contribution in [2.75, 3.05) is 5.32 Å². The highest BCUT2D eigenvalue weighted by Crippen LogP contribution is 2.29. The fourth-order valence-electron chi connectivity index (χ4n) is 2.77. The maximum Gasteiger partial charge on any atom is 0.244 e. The van der Waals surface area contributed by atoms with Crippen LogP contribution in [0.5, 0.6) is 0 Å². The van der Waals surface area contributed by atoms with Crippen LogP contribution in [0.3, 0.4) is 0 Å². The van der Waals surface area contributed by atoms with Crippen LogP contribution in [0, 0.1) is 0 Å². The number of benzene rings is 2. The summed E-state index contributed by atoms with van der Waals surface area (Å²) in [7, 11) is 0. The number of aromatic nitrogens is 2. The van der Waals surface area contributed by atoms with E-state index in [9.17, 15) is 4.79 Å². The second kappa shape index (κ2) is 7.78. The van der Waals surface area contributed by atoms with E-state index in [1.54, 1.807) is 35.6 Å². The van der Waals surface area contributed by atoms with Gasteiger partial charge in [0.05, 0.1) is 11.4 Å². The zero-order chi connectivity index (χ0) is 18.6. The molecule has 2 heterocycles. The predicted molar refractivity (Wildman–Crippen MR) is 111 cm³/mol. The first-order chi connectivity index (χ1) is 13.2. The minimum absolute atomic E-state index is 0.102. The van der Waals surface area contributed by atoms with Crippen LogP contribution in [0.4, 0.5) is 5.69 Å². The molecule has 0 saturated heterocycles. The van der Waals surface area contributed by atoms with Gasteiger partial charge in [0.15, 0.2) is 0 Å². The Morgan fingerprint density at radius 2 is 1.81 bits per heavy atom. The van der Waals surface area contributed by atoms with Crippen LogP contribution in [0.25, 0.3) is 22.0 Å². The molecule has 6 heteroatoms. The van der Waals surface area contributed by atoms with Gasteiger partial charge in [0.1, 0.15) is 11.6 Å². The number of hydrogen-bond acceptors (Lipinski definition) is 3. The van der Waals surface area contributed by atoms with Crippen LogP contribution in [0.15, 0.2) is 78.3 Å². The number of hydrogen-bond donors (Lipinski definition) is 1. The van der Waals surface area contributed by atoms with Crippen molar-refractivity contribution in [3.63, 3.8) is 0 Å². The number of anilines is 1. The number of carbonyl (C=O) groups is 1. The van der Waals surface area contributed by atoms with E-state index in [1.807, 2.05) is 58.6 Å². The van der Waals surface area contributed by atoms with Gasteiger partial charge in [-0.1, -0.05) is 41.9 Å². The SMILES string of the molecule is O=C(Cn1cccc1-c1nc(-c2ccccc2)cs1)Nc1ccc(Cl)cc1. The molecule has 0 radical (unpaired) electrons. The van der Waals surface area contributed by atoms with Gasteiger partial charge in [-0.2, -0.15) is 0 Å². The molecule has 4 aromatic rings. The van der Waals surface area contributed by atoms with E-state index in [0.29, 0.717) is 5.02 Å². The lowest BCUT2D eigenvalue weighted by Gasteiger charge is -2.09. The molecule has 0 unspecified atom stereocenters. The molecular weight excluding hydrogens is 378 g/mol. The van der Waals surface area contributed by atoms with Gasteiger partial charge in [-0.25, -0.2) is 4.98 Å². The van der Waals surface area contributed by atoms with E-state index >= 15 is 0 Å². The van der Waals surface area contributed by atoms with Gasteiger partial charge in [-0.15, -0.1) is 11.3 Å². The summed E-state index contributed by atoms with van der Waals surface area (Å²) in [5, 5.41) is 6.44. The Kier molecular flexibility index (Phi) is 5.05. The first kappa shape index (κ1) is 17.5. The zero-order valence-electron chi connectivity index (χ0n) is 14.3. The monoisotopic (exact) mass is 393 g/mol. The summed E-state index contributed by atoms with van der Waals surface area (Å²) in [6.07, 6.45) is 1.89. The fourth-order valence-corrected chi connectivity index (χ4v) is 3.76. The summed E-state index contributed by atoms with van der Waals surface area (Å²) >= 11 is 7.45. The first-order valence-electron chi connectivity index (χ1n) is 8.41. The third kappa shape index (κ3) is 4.10. The van der Waals surface area contributed by atoms with Gasteiger partial charge in [-0.3, -0.25) is 4.79 Å². The number of amides is 1. The second-order valence-electron chi connectivity index (χ2n) is 5.98. The lowest BCUT2D eigenvalue weighted by molar-refractivity contribution is -0.116. The Morgan fingerprint density at radius 1 is 1.04 bits per heavy atom. The van der Waals surface area contributed by atoms with E-state index in [0.717, 1.165) is 27.6 Å². The smallest absolute Gasteiger partial charge is 0.244 e. The Labute approximate surface area is 166 Å². The average molecular weight is 394 g/mol. The highest BCUT2D eigenvalue weighted by Gasteiger charge is 2.12. The number of halogens is 1. The van der Waals surface area contributed by atoms with Crippen molar-refractivity contribution in [2.24, 2.45) is 0 Å². The third-order valence-electron chi connectivity index (χ3n) is 4.06. The van der Waals surface area contributed by atoms with E-state index in [1.165, 1.54) is 0 Å². The highest BCUT2D eigenvalue weighted by molar-refractivity contribution is 7.13. The molecule has 0 saturated carbocycles. The molecule has 4 nitrogen and oxygen atoms in total. The molecular formula is C21H16ClN3OS. The van der Waals surface area contributed by atoms with Crippen molar-refractivity contribution in [3.05, 3.63) is 83.3 Å². The maximum atomic E-state index is 12.4. The Balaban J connectivity index is 1.50. The highest BCUT2D eigenvalue weighted by atomic mass is 35.5. The van der Waals surface area contributed by atoms with E-state index in [4.69, 9.17) is 16.6 Å². The molecule has 0 spiro atoms.